The number of aryl methyl sites for hydroxylation is 1. The standard InChI is InChI=1S/C28H32N4O4/c1-18-30-26(36-31-18)23-15-20(19-7-4-3-5-8-19)11-13-32(23)27(33)22-16-29-17-28(22)12-14-35-25-21(28)9-6-10-24(25)34-2/h3-10,20,22-23,29H,11-17H2,1-2H3. The number of aromatic nitrogens is 2. The van der Waals surface area contributed by atoms with Gasteiger partial charge in [-0.25, -0.2) is 0 Å². The van der Waals surface area contributed by atoms with E-state index in [9.17, 15) is 4.79 Å². The van der Waals surface area contributed by atoms with Crippen LogP contribution in [0.3, 0.4) is 0 Å². The first-order chi connectivity index (χ1) is 17.6. The van der Waals surface area contributed by atoms with E-state index in [-0.39, 0.29) is 23.3 Å². The number of benzene rings is 2. The molecule has 1 N–H and O–H groups in total. The number of hydrogen-bond donors (Lipinski definition) is 1. The predicted octanol–water partition coefficient (Wildman–Crippen LogP) is 3.77. The van der Waals surface area contributed by atoms with Crippen molar-refractivity contribution >= 4 is 5.91 Å². The molecule has 4 atom stereocenters. The first kappa shape index (κ1) is 23.0. The summed E-state index contributed by atoms with van der Waals surface area (Å²) in [6, 6.07) is 16.3. The fourth-order valence-corrected chi connectivity index (χ4v) is 6.45. The van der Waals surface area contributed by atoms with Crippen LogP contribution in [0.4, 0.5) is 0 Å². The van der Waals surface area contributed by atoms with E-state index in [4.69, 9.17) is 14.0 Å². The number of piperidine rings is 1. The number of carbonyl (C=O) groups excluding carboxylic acids is 1. The molecule has 2 saturated heterocycles. The second kappa shape index (κ2) is 9.24. The number of methoxy groups -OCH3 is 1. The van der Waals surface area contributed by atoms with Crippen molar-refractivity contribution in [1.29, 1.82) is 0 Å². The van der Waals surface area contributed by atoms with Crippen LogP contribution in [0.15, 0.2) is 53.1 Å². The zero-order valence-corrected chi connectivity index (χ0v) is 20.8. The van der Waals surface area contributed by atoms with Crippen molar-refractivity contribution in [3.63, 3.8) is 0 Å². The molecule has 4 heterocycles. The molecule has 0 aliphatic carbocycles. The van der Waals surface area contributed by atoms with Crippen molar-refractivity contribution in [3.05, 3.63) is 71.4 Å². The SMILES string of the molecule is COc1cccc2c1OCCC21CNCC1C(=O)N1CCC(c2ccccc2)CC1c1nc(C)no1. The normalized spacial score (nSPS) is 27.5. The average molecular weight is 489 g/mol. The maximum absolute atomic E-state index is 14.4. The molecule has 0 bridgehead atoms. The summed E-state index contributed by atoms with van der Waals surface area (Å²) < 4.78 is 17.3. The number of carbonyl (C=O) groups is 1. The number of ether oxygens (including phenoxy) is 2. The van der Waals surface area contributed by atoms with E-state index < -0.39 is 0 Å². The highest BCUT2D eigenvalue weighted by molar-refractivity contribution is 5.82. The average Bonchev–Trinajstić information content (AvgIpc) is 3.55. The lowest BCUT2D eigenvalue weighted by molar-refractivity contribution is -0.142. The number of fused-ring (bicyclic) bond motifs is 2. The Morgan fingerprint density at radius 2 is 2.06 bits per heavy atom. The van der Waals surface area contributed by atoms with E-state index in [1.165, 1.54) is 5.56 Å². The number of rotatable bonds is 4. The molecule has 4 unspecified atom stereocenters. The van der Waals surface area contributed by atoms with E-state index >= 15 is 0 Å². The quantitative estimate of drug-likeness (QED) is 0.598. The molecule has 3 aliphatic heterocycles. The number of hydrogen-bond acceptors (Lipinski definition) is 7. The van der Waals surface area contributed by atoms with Gasteiger partial charge in [0.25, 0.3) is 0 Å². The second-order valence-corrected chi connectivity index (χ2v) is 10.1. The van der Waals surface area contributed by atoms with E-state index in [1.54, 1.807) is 7.11 Å². The molecule has 188 valence electrons. The molecule has 36 heavy (non-hydrogen) atoms. The summed E-state index contributed by atoms with van der Waals surface area (Å²) in [5, 5.41) is 7.58. The number of nitrogens with zero attached hydrogens (tertiary/aromatic N) is 3. The molecular weight excluding hydrogens is 456 g/mol. The number of para-hydroxylation sites is 1. The van der Waals surface area contributed by atoms with Gasteiger partial charge in [-0.2, -0.15) is 4.98 Å². The molecule has 3 aliphatic rings. The largest absolute Gasteiger partial charge is 0.493 e. The van der Waals surface area contributed by atoms with Crippen LogP contribution in [0.25, 0.3) is 0 Å². The molecule has 8 nitrogen and oxygen atoms in total. The van der Waals surface area contributed by atoms with Crippen molar-refractivity contribution in [1.82, 2.24) is 20.4 Å². The monoisotopic (exact) mass is 488 g/mol. The first-order valence-electron chi connectivity index (χ1n) is 12.8. The number of amides is 1. The third-order valence-electron chi connectivity index (χ3n) is 8.27. The third-order valence-corrected chi connectivity index (χ3v) is 8.27. The minimum Gasteiger partial charge on any atom is -0.493 e. The Bertz CT molecular complexity index is 1250. The van der Waals surface area contributed by atoms with E-state index in [0.29, 0.717) is 43.1 Å². The molecule has 1 amide bonds. The van der Waals surface area contributed by atoms with Crippen LogP contribution in [0, 0.1) is 12.8 Å². The topological polar surface area (TPSA) is 89.7 Å². The molecule has 0 saturated carbocycles. The summed E-state index contributed by atoms with van der Waals surface area (Å²) in [6.07, 6.45) is 2.44. The lowest BCUT2D eigenvalue weighted by atomic mass is 9.68. The molecule has 1 aromatic heterocycles. The zero-order valence-electron chi connectivity index (χ0n) is 20.8. The van der Waals surface area contributed by atoms with Crippen LogP contribution in [0.1, 0.15) is 54.1 Å². The van der Waals surface area contributed by atoms with Crippen LogP contribution >= 0.6 is 0 Å². The van der Waals surface area contributed by atoms with Gasteiger partial charge in [-0.3, -0.25) is 4.79 Å². The summed E-state index contributed by atoms with van der Waals surface area (Å²) >= 11 is 0. The first-order valence-corrected chi connectivity index (χ1v) is 12.8. The van der Waals surface area contributed by atoms with Gasteiger partial charge in [0, 0.05) is 30.6 Å². The Kier molecular flexibility index (Phi) is 5.91. The Balaban J connectivity index is 1.34. The van der Waals surface area contributed by atoms with Gasteiger partial charge in [-0.05, 0) is 43.7 Å². The van der Waals surface area contributed by atoms with Gasteiger partial charge in [-0.1, -0.05) is 47.6 Å². The Morgan fingerprint density at radius 3 is 2.83 bits per heavy atom. The molecule has 2 fully saturated rings. The summed E-state index contributed by atoms with van der Waals surface area (Å²) in [5.41, 5.74) is 2.00. The van der Waals surface area contributed by atoms with Gasteiger partial charge in [-0.15, -0.1) is 0 Å². The fourth-order valence-electron chi connectivity index (χ4n) is 6.45. The van der Waals surface area contributed by atoms with Crippen molar-refractivity contribution in [2.24, 2.45) is 5.92 Å². The van der Waals surface area contributed by atoms with Gasteiger partial charge in [0.05, 0.1) is 19.6 Å². The summed E-state index contributed by atoms with van der Waals surface area (Å²) in [4.78, 5) is 21.0. The van der Waals surface area contributed by atoms with Gasteiger partial charge in [0.1, 0.15) is 6.04 Å². The van der Waals surface area contributed by atoms with Crippen LogP contribution in [0.5, 0.6) is 11.5 Å². The highest BCUT2D eigenvalue weighted by Gasteiger charge is 2.53. The summed E-state index contributed by atoms with van der Waals surface area (Å²) in [7, 11) is 1.66. The third kappa shape index (κ3) is 3.75. The molecule has 1 spiro atoms. The highest BCUT2D eigenvalue weighted by Crippen LogP contribution is 2.50. The molecule has 0 radical (unpaired) electrons. The van der Waals surface area contributed by atoms with Crippen molar-refractivity contribution in [3.8, 4) is 11.5 Å². The van der Waals surface area contributed by atoms with Crippen molar-refractivity contribution in [2.75, 3.05) is 33.4 Å². The van der Waals surface area contributed by atoms with Gasteiger partial charge in [0.15, 0.2) is 17.3 Å². The Hall–Kier alpha value is -3.39. The fraction of sp³-hybridized carbons (Fsp3) is 0.464. The number of nitrogens with one attached hydrogen (secondary N) is 1. The second-order valence-electron chi connectivity index (χ2n) is 10.1. The number of likely N-dealkylation sites (tertiary alicyclic amines) is 1. The molecular formula is C28H32N4O4. The molecule has 8 heteroatoms. The van der Waals surface area contributed by atoms with Crippen molar-refractivity contribution < 1.29 is 18.8 Å². The van der Waals surface area contributed by atoms with Crippen LogP contribution in [0.2, 0.25) is 0 Å². The van der Waals surface area contributed by atoms with Crippen LogP contribution < -0.4 is 14.8 Å². The van der Waals surface area contributed by atoms with E-state index in [0.717, 1.165) is 37.1 Å². The van der Waals surface area contributed by atoms with Crippen molar-refractivity contribution in [2.45, 2.75) is 43.6 Å². The predicted molar refractivity (Wildman–Crippen MR) is 133 cm³/mol. The Morgan fingerprint density at radius 1 is 1.19 bits per heavy atom. The van der Waals surface area contributed by atoms with Crippen LogP contribution in [-0.4, -0.2) is 54.3 Å². The molecule has 2 aromatic carbocycles. The maximum atomic E-state index is 14.4. The summed E-state index contributed by atoms with van der Waals surface area (Å²) in [6.45, 7) is 4.39. The zero-order chi connectivity index (χ0) is 24.7. The minimum absolute atomic E-state index is 0.142. The van der Waals surface area contributed by atoms with E-state index in [2.05, 4.69) is 45.8 Å². The molecule has 6 rings (SSSR count). The Labute approximate surface area is 211 Å². The van der Waals surface area contributed by atoms with Crippen LogP contribution in [-0.2, 0) is 10.2 Å². The molecule has 3 aromatic rings. The van der Waals surface area contributed by atoms with Gasteiger partial charge < -0.3 is 24.2 Å². The summed E-state index contributed by atoms with van der Waals surface area (Å²) in [5.74, 6) is 2.85. The maximum Gasteiger partial charge on any atom is 0.249 e. The smallest absolute Gasteiger partial charge is 0.249 e. The van der Waals surface area contributed by atoms with Gasteiger partial charge in [0.2, 0.25) is 11.8 Å². The lowest BCUT2D eigenvalue weighted by Crippen LogP contribution is -2.51. The van der Waals surface area contributed by atoms with Gasteiger partial charge >= 0.3 is 0 Å². The van der Waals surface area contributed by atoms with E-state index in [1.807, 2.05) is 30.0 Å². The highest BCUT2D eigenvalue weighted by atomic mass is 16.5. The lowest BCUT2D eigenvalue weighted by Gasteiger charge is -2.44. The minimum atomic E-state index is -0.342.